The Morgan fingerprint density at radius 1 is 1.03 bits per heavy atom. The van der Waals surface area contributed by atoms with Gasteiger partial charge in [0.15, 0.2) is 0 Å². The highest BCUT2D eigenvalue weighted by Crippen LogP contribution is 2.44. The van der Waals surface area contributed by atoms with Crippen molar-refractivity contribution in [3.63, 3.8) is 0 Å². The van der Waals surface area contributed by atoms with Crippen molar-refractivity contribution in [2.24, 2.45) is 5.73 Å². The summed E-state index contributed by atoms with van der Waals surface area (Å²) >= 11 is 0. The van der Waals surface area contributed by atoms with E-state index >= 15 is 0 Å². The number of hydrogen-bond acceptors (Lipinski definition) is 7. The Morgan fingerprint density at radius 2 is 1.81 bits per heavy atom. The molecule has 0 saturated carbocycles. The van der Waals surface area contributed by atoms with Gasteiger partial charge < -0.3 is 24.7 Å². The smallest absolute Gasteiger partial charge is 0.315 e. The molecule has 0 radical (unpaired) electrons. The molecule has 0 fully saturated rings. The molecule has 7 heteroatoms. The molecule has 7 nitrogen and oxygen atoms in total. The molecule has 1 heterocycles. The molecule has 3 aromatic rings. The minimum atomic E-state index is -0.433. The number of unbranched alkanes of at least 4 members (excludes halogenated alkanes) is 2. The molecule has 0 aromatic heterocycles. The zero-order valence-electron chi connectivity index (χ0n) is 21.0. The summed E-state index contributed by atoms with van der Waals surface area (Å²) in [5.41, 5.74) is 8.89. The van der Waals surface area contributed by atoms with Crippen LogP contribution in [0.5, 0.6) is 23.0 Å². The van der Waals surface area contributed by atoms with Gasteiger partial charge in [-0.15, -0.1) is 0 Å². The highest BCUT2D eigenvalue weighted by Gasteiger charge is 2.31. The molecular formula is C30H30N2O5. The van der Waals surface area contributed by atoms with Crippen molar-refractivity contribution < 1.29 is 23.7 Å². The Morgan fingerprint density at radius 3 is 2.54 bits per heavy atom. The summed E-state index contributed by atoms with van der Waals surface area (Å²) in [5.74, 6) is 1.40. The van der Waals surface area contributed by atoms with Gasteiger partial charge in [0.05, 0.1) is 26.1 Å². The molecule has 0 aliphatic carbocycles. The fraction of sp³-hybridized carbons (Fsp3) is 0.267. The quantitative estimate of drug-likeness (QED) is 0.219. The third kappa shape index (κ3) is 6.22. The van der Waals surface area contributed by atoms with Crippen LogP contribution in [0.15, 0.2) is 78.2 Å². The van der Waals surface area contributed by atoms with Gasteiger partial charge >= 0.3 is 5.97 Å². The van der Waals surface area contributed by atoms with Gasteiger partial charge in [-0.25, -0.2) is 0 Å². The molecule has 0 saturated heterocycles. The van der Waals surface area contributed by atoms with Gasteiger partial charge in [0.1, 0.15) is 34.6 Å². The molecule has 2 N–H and O–H groups in total. The number of nitrogens with two attached hydrogens (primary N) is 1. The maximum absolute atomic E-state index is 12.5. The van der Waals surface area contributed by atoms with Crippen LogP contribution in [0, 0.1) is 11.3 Å². The second kappa shape index (κ2) is 12.0. The standard InChI is InChI=1S/C30H30N2O5/c1-3-4-5-15-35-23-8-6-7-21(17-23)29-25-14-13-24(18-27(25)37-30(32)26(29)19-31)36-28(33)16-20-9-11-22(34-2)12-10-20/h6-14,17-18,29H,3-5,15-16,32H2,1-2H3. The molecular weight excluding hydrogens is 468 g/mol. The summed E-state index contributed by atoms with van der Waals surface area (Å²) in [7, 11) is 1.59. The fourth-order valence-corrected chi connectivity index (χ4v) is 4.25. The summed E-state index contributed by atoms with van der Waals surface area (Å²) in [6.45, 7) is 2.78. The van der Waals surface area contributed by atoms with Crippen LogP contribution in [0.4, 0.5) is 0 Å². The molecule has 0 spiro atoms. The number of fused-ring (bicyclic) bond motifs is 1. The van der Waals surface area contributed by atoms with E-state index in [4.69, 9.17) is 24.7 Å². The van der Waals surface area contributed by atoms with Crippen molar-refractivity contribution in [1.82, 2.24) is 0 Å². The number of allylic oxidation sites excluding steroid dienone is 1. The Balaban J connectivity index is 1.54. The summed E-state index contributed by atoms with van der Waals surface area (Å²) in [5, 5.41) is 9.86. The predicted molar refractivity (Wildman–Crippen MR) is 140 cm³/mol. The molecule has 4 rings (SSSR count). The number of methoxy groups -OCH3 is 1. The van der Waals surface area contributed by atoms with E-state index < -0.39 is 11.9 Å². The van der Waals surface area contributed by atoms with Gasteiger partial charge in [-0.1, -0.05) is 50.1 Å². The largest absolute Gasteiger partial charge is 0.497 e. The number of rotatable bonds is 10. The Hall–Kier alpha value is -4.44. The molecule has 0 amide bonds. The molecule has 1 atom stereocenters. The van der Waals surface area contributed by atoms with Crippen molar-refractivity contribution in [3.8, 4) is 29.1 Å². The van der Waals surface area contributed by atoms with Crippen molar-refractivity contribution in [3.05, 3.63) is 94.9 Å². The summed E-state index contributed by atoms with van der Waals surface area (Å²) in [6.07, 6.45) is 3.32. The summed E-state index contributed by atoms with van der Waals surface area (Å²) < 4.78 is 22.4. The maximum atomic E-state index is 12.5. The molecule has 1 aliphatic heterocycles. The summed E-state index contributed by atoms with van der Waals surface area (Å²) in [4.78, 5) is 12.5. The van der Waals surface area contributed by atoms with E-state index in [-0.39, 0.29) is 12.3 Å². The maximum Gasteiger partial charge on any atom is 0.315 e. The van der Waals surface area contributed by atoms with Crippen molar-refractivity contribution in [2.75, 3.05) is 13.7 Å². The van der Waals surface area contributed by atoms with Gasteiger partial charge in [0.25, 0.3) is 0 Å². The first-order valence-electron chi connectivity index (χ1n) is 12.3. The number of carbonyl (C=O) groups is 1. The zero-order valence-corrected chi connectivity index (χ0v) is 21.0. The zero-order chi connectivity index (χ0) is 26.2. The number of ether oxygens (including phenoxy) is 4. The average molecular weight is 499 g/mol. The van der Waals surface area contributed by atoms with Gasteiger partial charge in [0.2, 0.25) is 5.88 Å². The van der Waals surface area contributed by atoms with Crippen molar-refractivity contribution in [1.29, 1.82) is 5.26 Å². The first kappa shape index (κ1) is 25.6. The Bertz CT molecular complexity index is 1320. The van der Waals surface area contributed by atoms with Crippen LogP contribution in [0.3, 0.4) is 0 Å². The van der Waals surface area contributed by atoms with Crippen LogP contribution in [-0.2, 0) is 11.2 Å². The van der Waals surface area contributed by atoms with Gasteiger partial charge in [-0.3, -0.25) is 4.79 Å². The lowest BCUT2D eigenvalue weighted by Crippen LogP contribution is -2.21. The minimum Gasteiger partial charge on any atom is -0.497 e. The first-order chi connectivity index (χ1) is 18.0. The number of benzene rings is 3. The summed E-state index contributed by atoms with van der Waals surface area (Å²) in [6, 6.07) is 22.2. The van der Waals surface area contributed by atoms with E-state index in [1.807, 2.05) is 36.4 Å². The third-order valence-corrected chi connectivity index (χ3v) is 6.14. The van der Waals surface area contributed by atoms with E-state index in [1.165, 1.54) is 0 Å². The number of nitrogens with zero attached hydrogens (tertiary/aromatic N) is 1. The number of hydrogen-bond donors (Lipinski definition) is 1. The van der Waals surface area contributed by atoms with Gasteiger partial charge in [-0.05, 0) is 47.9 Å². The van der Waals surface area contributed by atoms with E-state index in [0.717, 1.165) is 47.5 Å². The fourth-order valence-electron chi connectivity index (χ4n) is 4.25. The predicted octanol–water partition coefficient (Wildman–Crippen LogP) is 5.63. The van der Waals surface area contributed by atoms with E-state index in [9.17, 15) is 10.1 Å². The van der Waals surface area contributed by atoms with E-state index in [1.54, 1.807) is 37.4 Å². The number of carbonyl (C=O) groups excluding carboxylic acids is 1. The van der Waals surface area contributed by atoms with Crippen LogP contribution in [0.1, 0.15) is 48.8 Å². The van der Waals surface area contributed by atoms with Crippen LogP contribution in [0.2, 0.25) is 0 Å². The van der Waals surface area contributed by atoms with Crippen LogP contribution >= 0.6 is 0 Å². The minimum absolute atomic E-state index is 0.0241. The second-order valence-corrected chi connectivity index (χ2v) is 8.75. The first-order valence-corrected chi connectivity index (χ1v) is 12.3. The second-order valence-electron chi connectivity index (χ2n) is 8.75. The van der Waals surface area contributed by atoms with Crippen LogP contribution < -0.4 is 24.7 Å². The van der Waals surface area contributed by atoms with Crippen molar-refractivity contribution >= 4 is 5.97 Å². The molecule has 3 aromatic carbocycles. The Labute approximate surface area is 217 Å². The normalized spacial score (nSPS) is 14.2. The molecule has 37 heavy (non-hydrogen) atoms. The molecule has 1 aliphatic rings. The molecule has 0 bridgehead atoms. The molecule has 1 unspecified atom stereocenters. The van der Waals surface area contributed by atoms with Crippen LogP contribution in [0.25, 0.3) is 0 Å². The number of esters is 1. The monoisotopic (exact) mass is 498 g/mol. The van der Waals surface area contributed by atoms with E-state index in [0.29, 0.717) is 23.7 Å². The lowest BCUT2D eigenvalue weighted by atomic mass is 9.83. The third-order valence-electron chi connectivity index (χ3n) is 6.14. The average Bonchev–Trinajstić information content (AvgIpc) is 2.91. The van der Waals surface area contributed by atoms with Crippen LogP contribution in [-0.4, -0.2) is 19.7 Å². The topological polar surface area (TPSA) is 104 Å². The van der Waals surface area contributed by atoms with Gasteiger partial charge in [-0.2, -0.15) is 5.26 Å². The van der Waals surface area contributed by atoms with Crippen molar-refractivity contribution in [2.45, 2.75) is 38.5 Å². The lowest BCUT2D eigenvalue weighted by Gasteiger charge is -2.27. The highest BCUT2D eigenvalue weighted by molar-refractivity contribution is 5.75. The SMILES string of the molecule is CCCCCOc1cccc(C2C(C#N)=C(N)Oc3cc(OC(=O)Cc4ccc(OC)cc4)ccc32)c1. The highest BCUT2D eigenvalue weighted by atomic mass is 16.5. The molecule has 190 valence electrons. The lowest BCUT2D eigenvalue weighted by molar-refractivity contribution is -0.133. The van der Waals surface area contributed by atoms with E-state index in [2.05, 4.69) is 13.0 Å². The Kier molecular flexibility index (Phi) is 8.32. The van der Waals surface area contributed by atoms with Gasteiger partial charge in [0, 0.05) is 11.6 Å². The number of nitriles is 1.